The van der Waals surface area contributed by atoms with Gasteiger partial charge in [-0.25, -0.2) is 4.63 Å². The van der Waals surface area contributed by atoms with Crippen molar-refractivity contribution in [1.29, 1.82) is 0 Å². The molecule has 0 aliphatic rings. The van der Waals surface area contributed by atoms with E-state index in [0.717, 1.165) is 5.56 Å². The lowest BCUT2D eigenvalue weighted by Crippen LogP contribution is -2.11. The number of amides is 1. The van der Waals surface area contributed by atoms with E-state index in [-0.39, 0.29) is 5.91 Å². The number of carbonyl (C=O) groups excluding carboxylic acids is 1. The zero-order valence-electron chi connectivity index (χ0n) is 9.74. The van der Waals surface area contributed by atoms with Crippen molar-refractivity contribution in [1.82, 2.24) is 10.3 Å². The van der Waals surface area contributed by atoms with Gasteiger partial charge in [0.2, 0.25) is 5.82 Å². The first-order chi connectivity index (χ1) is 9.34. The van der Waals surface area contributed by atoms with Crippen molar-refractivity contribution in [3.63, 3.8) is 0 Å². The number of hydrogen-bond donors (Lipinski definition) is 1. The van der Waals surface area contributed by atoms with Gasteiger partial charge < -0.3 is 5.32 Å². The summed E-state index contributed by atoms with van der Waals surface area (Å²) in [4.78, 5) is 12.6. The predicted molar refractivity (Wildman–Crippen MR) is 72.0 cm³/mol. The Labute approximate surface area is 112 Å². The number of carbonyl (C=O) groups is 1. The van der Waals surface area contributed by atoms with E-state index >= 15 is 0 Å². The lowest BCUT2D eigenvalue weighted by molar-refractivity contribution is 0.102. The SMILES string of the molecule is O=C(Nc1nonc1-c1ccccc1)c1cccs1. The number of rotatable bonds is 3. The average molecular weight is 271 g/mol. The number of thiophene rings is 1. The smallest absolute Gasteiger partial charge is 0.267 e. The van der Waals surface area contributed by atoms with Crippen LogP contribution in [0.15, 0.2) is 52.5 Å². The fraction of sp³-hybridized carbons (Fsp3) is 0. The molecule has 3 aromatic rings. The minimum atomic E-state index is -0.220. The molecule has 0 fully saturated rings. The summed E-state index contributed by atoms with van der Waals surface area (Å²) in [5.74, 6) is 0.104. The standard InChI is InChI=1S/C13H9N3O2S/c17-13(10-7-4-8-19-10)14-12-11(15-18-16-12)9-5-2-1-3-6-9/h1-8H,(H,14,16,17). The Hall–Kier alpha value is -2.47. The molecule has 6 heteroatoms. The first-order valence-corrected chi connectivity index (χ1v) is 6.45. The minimum Gasteiger partial charge on any atom is -0.301 e. The topological polar surface area (TPSA) is 68.0 Å². The maximum atomic E-state index is 11.9. The van der Waals surface area contributed by atoms with Crippen molar-refractivity contribution in [3.8, 4) is 11.3 Å². The molecule has 0 spiro atoms. The van der Waals surface area contributed by atoms with E-state index in [1.807, 2.05) is 41.8 Å². The first-order valence-electron chi connectivity index (χ1n) is 5.57. The molecular formula is C13H9N3O2S. The van der Waals surface area contributed by atoms with Crippen LogP contribution in [0.2, 0.25) is 0 Å². The van der Waals surface area contributed by atoms with Gasteiger partial charge in [0.25, 0.3) is 5.91 Å². The maximum absolute atomic E-state index is 11.9. The lowest BCUT2D eigenvalue weighted by atomic mass is 10.1. The van der Waals surface area contributed by atoms with Crippen LogP contribution < -0.4 is 5.32 Å². The third-order valence-corrected chi connectivity index (χ3v) is 3.38. The summed E-state index contributed by atoms with van der Waals surface area (Å²) in [7, 11) is 0. The summed E-state index contributed by atoms with van der Waals surface area (Å²) in [6, 6.07) is 13.0. The summed E-state index contributed by atoms with van der Waals surface area (Å²) in [5, 5.41) is 12.1. The molecule has 1 amide bonds. The Morgan fingerprint density at radius 1 is 1.11 bits per heavy atom. The molecule has 0 unspecified atom stereocenters. The van der Waals surface area contributed by atoms with Crippen LogP contribution in [-0.4, -0.2) is 16.2 Å². The van der Waals surface area contributed by atoms with Gasteiger partial charge >= 0.3 is 0 Å². The Bertz CT molecular complexity index is 677. The van der Waals surface area contributed by atoms with Crippen molar-refractivity contribution in [2.75, 3.05) is 5.32 Å². The lowest BCUT2D eigenvalue weighted by Gasteiger charge is -2.01. The van der Waals surface area contributed by atoms with Gasteiger partial charge in [-0.2, -0.15) is 0 Å². The Morgan fingerprint density at radius 2 is 1.95 bits per heavy atom. The third-order valence-electron chi connectivity index (χ3n) is 2.51. The number of hydrogen-bond acceptors (Lipinski definition) is 5. The molecule has 1 N–H and O–H groups in total. The van der Waals surface area contributed by atoms with E-state index < -0.39 is 0 Å². The number of nitrogens with zero attached hydrogens (tertiary/aromatic N) is 2. The highest BCUT2D eigenvalue weighted by molar-refractivity contribution is 7.12. The highest BCUT2D eigenvalue weighted by atomic mass is 32.1. The second-order valence-electron chi connectivity index (χ2n) is 3.76. The summed E-state index contributed by atoms with van der Waals surface area (Å²) in [6.07, 6.45) is 0. The van der Waals surface area contributed by atoms with Crippen LogP contribution in [0.3, 0.4) is 0 Å². The van der Waals surface area contributed by atoms with Gasteiger partial charge in [0.1, 0.15) is 0 Å². The van der Waals surface area contributed by atoms with Crippen LogP contribution in [0.1, 0.15) is 9.67 Å². The number of anilines is 1. The van der Waals surface area contributed by atoms with Gasteiger partial charge in [-0.3, -0.25) is 4.79 Å². The summed E-state index contributed by atoms with van der Waals surface area (Å²) >= 11 is 1.36. The first kappa shape index (κ1) is 11.6. The molecule has 2 aromatic heterocycles. The second kappa shape index (κ2) is 5.03. The van der Waals surface area contributed by atoms with Crippen LogP contribution in [0.25, 0.3) is 11.3 Å². The molecule has 0 aliphatic heterocycles. The Morgan fingerprint density at radius 3 is 2.68 bits per heavy atom. The zero-order valence-corrected chi connectivity index (χ0v) is 10.6. The van der Waals surface area contributed by atoms with Crippen molar-refractivity contribution >= 4 is 23.1 Å². The second-order valence-corrected chi connectivity index (χ2v) is 4.71. The molecule has 0 atom stereocenters. The summed E-state index contributed by atoms with van der Waals surface area (Å²) in [5.41, 5.74) is 1.36. The van der Waals surface area contributed by atoms with Gasteiger partial charge in [-0.05, 0) is 21.8 Å². The number of nitrogens with one attached hydrogen (secondary N) is 1. The van der Waals surface area contributed by atoms with Crippen LogP contribution in [0.4, 0.5) is 5.82 Å². The highest BCUT2D eigenvalue weighted by Crippen LogP contribution is 2.24. The van der Waals surface area contributed by atoms with E-state index in [1.54, 1.807) is 6.07 Å². The largest absolute Gasteiger partial charge is 0.301 e. The van der Waals surface area contributed by atoms with Crippen molar-refractivity contribution in [2.24, 2.45) is 0 Å². The predicted octanol–water partition coefficient (Wildman–Crippen LogP) is 3.05. The third kappa shape index (κ3) is 2.38. The molecule has 0 aliphatic carbocycles. The van der Waals surface area contributed by atoms with E-state index in [1.165, 1.54) is 11.3 Å². The van der Waals surface area contributed by atoms with Crippen LogP contribution in [0.5, 0.6) is 0 Å². The molecule has 0 saturated carbocycles. The normalized spacial score (nSPS) is 10.3. The molecule has 3 rings (SSSR count). The molecule has 2 heterocycles. The Balaban J connectivity index is 1.87. The molecule has 94 valence electrons. The van der Waals surface area contributed by atoms with Crippen LogP contribution in [-0.2, 0) is 0 Å². The van der Waals surface area contributed by atoms with Gasteiger partial charge in [0.15, 0.2) is 5.69 Å². The van der Waals surface area contributed by atoms with Crippen molar-refractivity contribution < 1.29 is 9.42 Å². The molecular weight excluding hydrogens is 262 g/mol. The quantitative estimate of drug-likeness (QED) is 0.795. The fourth-order valence-corrected chi connectivity index (χ4v) is 2.25. The van der Waals surface area contributed by atoms with Gasteiger partial charge in [0, 0.05) is 5.56 Å². The van der Waals surface area contributed by atoms with E-state index in [2.05, 4.69) is 15.6 Å². The molecule has 0 bridgehead atoms. The Kier molecular flexibility index (Phi) is 3.07. The molecule has 0 saturated heterocycles. The van der Waals surface area contributed by atoms with Gasteiger partial charge in [0.05, 0.1) is 4.88 Å². The summed E-state index contributed by atoms with van der Waals surface area (Å²) < 4.78 is 4.71. The number of benzene rings is 1. The van der Waals surface area contributed by atoms with Crippen molar-refractivity contribution in [3.05, 3.63) is 52.7 Å². The van der Waals surface area contributed by atoms with Crippen LogP contribution >= 0.6 is 11.3 Å². The van der Waals surface area contributed by atoms with Crippen molar-refractivity contribution in [2.45, 2.75) is 0 Å². The monoisotopic (exact) mass is 271 g/mol. The average Bonchev–Trinajstić information content (AvgIpc) is 3.11. The minimum absolute atomic E-state index is 0.220. The van der Waals surface area contributed by atoms with E-state index in [4.69, 9.17) is 4.63 Å². The molecule has 1 aromatic carbocycles. The van der Waals surface area contributed by atoms with Crippen LogP contribution in [0, 0.1) is 0 Å². The zero-order chi connectivity index (χ0) is 13.1. The molecule has 5 nitrogen and oxygen atoms in total. The molecule has 19 heavy (non-hydrogen) atoms. The number of aromatic nitrogens is 2. The van der Waals surface area contributed by atoms with Gasteiger partial charge in [-0.15, -0.1) is 11.3 Å². The van der Waals surface area contributed by atoms with E-state index in [0.29, 0.717) is 16.4 Å². The van der Waals surface area contributed by atoms with Gasteiger partial charge in [-0.1, -0.05) is 36.4 Å². The highest BCUT2D eigenvalue weighted by Gasteiger charge is 2.16. The molecule has 0 radical (unpaired) electrons. The fourth-order valence-electron chi connectivity index (χ4n) is 1.63. The summed E-state index contributed by atoms with van der Waals surface area (Å²) in [6.45, 7) is 0. The maximum Gasteiger partial charge on any atom is 0.267 e. The van der Waals surface area contributed by atoms with E-state index in [9.17, 15) is 4.79 Å².